The predicted molar refractivity (Wildman–Crippen MR) is 101 cm³/mol. The van der Waals surface area contributed by atoms with Gasteiger partial charge in [0.1, 0.15) is 0 Å². The second kappa shape index (κ2) is 8.54. The molecule has 0 atom stereocenters. The van der Waals surface area contributed by atoms with Crippen LogP contribution in [0, 0.1) is 0 Å². The van der Waals surface area contributed by atoms with E-state index in [2.05, 4.69) is 40.9 Å². The van der Waals surface area contributed by atoms with Gasteiger partial charge >= 0.3 is 0 Å². The average Bonchev–Trinajstić information content (AvgIpc) is 3.12. The van der Waals surface area contributed by atoms with Crippen LogP contribution in [-0.4, -0.2) is 40.2 Å². The Hall–Kier alpha value is -1.79. The van der Waals surface area contributed by atoms with Crippen LogP contribution in [0.15, 0.2) is 35.2 Å². The number of hydrogen-bond donors (Lipinski definition) is 2. The molecule has 2 aromatic rings. The highest BCUT2D eigenvalue weighted by Gasteiger charge is 2.22. The Morgan fingerprint density at radius 3 is 2.64 bits per heavy atom. The number of aliphatic hydroxyl groups is 1. The highest BCUT2D eigenvalue weighted by atomic mass is 32.2. The fourth-order valence-corrected chi connectivity index (χ4v) is 3.75. The van der Waals surface area contributed by atoms with E-state index >= 15 is 0 Å². The molecule has 0 aliphatic heterocycles. The van der Waals surface area contributed by atoms with Gasteiger partial charge in [-0.2, -0.15) is 5.10 Å². The van der Waals surface area contributed by atoms with Crippen LogP contribution in [0.3, 0.4) is 0 Å². The molecule has 0 radical (unpaired) electrons. The van der Waals surface area contributed by atoms with Crippen molar-refractivity contribution in [1.29, 1.82) is 0 Å². The number of nitrogens with zero attached hydrogens (tertiary/aromatic N) is 2. The van der Waals surface area contributed by atoms with Crippen molar-refractivity contribution in [3.63, 3.8) is 0 Å². The average molecular weight is 359 g/mol. The molecule has 0 unspecified atom stereocenters. The van der Waals surface area contributed by atoms with E-state index in [1.807, 2.05) is 10.7 Å². The van der Waals surface area contributed by atoms with Crippen LogP contribution in [-0.2, 0) is 0 Å². The third kappa shape index (κ3) is 4.25. The predicted octanol–water partition coefficient (Wildman–Crippen LogP) is 3.50. The quantitative estimate of drug-likeness (QED) is 0.775. The number of thioether (sulfide) groups is 1. The Bertz CT molecular complexity index is 706. The third-order valence-corrected chi connectivity index (χ3v) is 5.42. The molecule has 6 heteroatoms. The minimum Gasteiger partial charge on any atom is -0.395 e. The van der Waals surface area contributed by atoms with Crippen molar-refractivity contribution in [2.75, 3.05) is 19.4 Å². The van der Waals surface area contributed by atoms with Crippen molar-refractivity contribution in [2.24, 2.45) is 0 Å². The first-order chi connectivity index (χ1) is 12.2. The molecular formula is C19H25N3O2S. The molecular weight excluding hydrogens is 334 g/mol. The topological polar surface area (TPSA) is 67.2 Å². The number of carbonyl (C=O) groups excluding carboxylic acids is 1. The van der Waals surface area contributed by atoms with E-state index in [0.717, 1.165) is 24.1 Å². The standard InChI is InChI=1S/C19H25N3O2S/c1-25-16-9-7-14(8-10-16)18-13-17(19(24)20-11-12-23)21-22(18)15-5-3-2-4-6-15/h7-10,13,15,23H,2-6,11-12H2,1H3,(H,20,24). The highest BCUT2D eigenvalue weighted by molar-refractivity contribution is 7.98. The molecule has 5 nitrogen and oxygen atoms in total. The summed E-state index contributed by atoms with van der Waals surface area (Å²) in [5.41, 5.74) is 2.49. The SMILES string of the molecule is CSc1ccc(-c2cc(C(=O)NCCO)nn2C2CCCCC2)cc1. The molecule has 0 bridgehead atoms. The molecule has 1 aromatic heterocycles. The molecule has 0 spiro atoms. The number of aromatic nitrogens is 2. The first-order valence-corrected chi connectivity index (χ1v) is 10.1. The van der Waals surface area contributed by atoms with Crippen LogP contribution < -0.4 is 5.32 Å². The number of aliphatic hydroxyl groups excluding tert-OH is 1. The van der Waals surface area contributed by atoms with Crippen LogP contribution in [0.4, 0.5) is 0 Å². The minimum atomic E-state index is -0.231. The van der Waals surface area contributed by atoms with Gasteiger partial charge in [0.05, 0.1) is 18.3 Å². The van der Waals surface area contributed by atoms with E-state index in [0.29, 0.717) is 11.7 Å². The lowest BCUT2D eigenvalue weighted by Crippen LogP contribution is -2.27. The van der Waals surface area contributed by atoms with Crippen LogP contribution in [0.2, 0.25) is 0 Å². The number of benzene rings is 1. The highest BCUT2D eigenvalue weighted by Crippen LogP contribution is 2.33. The maximum Gasteiger partial charge on any atom is 0.271 e. The molecule has 0 saturated heterocycles. The van der Waals surface area contributed by atoms with Gasteiger partial charge in [-0.05, 0) is 42.9 Å². The molecule has 1 fully saturated rings. The third-order valence-electron chi connectivity index (χ3n) is 4.67. The van der Waals surface area contributed by atoms with Crippen molar-refractivity contribution >= 4 is 17.7 Å². The van der Waals surface area contributed by atoms with Gasteiger partial charge in [-0.15, -0.1) is 11.8 Å². The number of rotatable bonds is 6. The van der Waals surface area contributed by atoms with Crippen LogP contribution in [0.1, 0.15) is 48.6 Å². The molecule has 25 heavy (non-hydrogen) atoms. The maximum absolute atomic E-state index is 12.3. The lowest BCUT2D eigenvalue weighted by molar-refractivity contribution is 0.0938. The normalized spacial score (nSPS) is 15.3. The van der Waals surface area contributed by atoms with Gasteiger partial charge in [0.15, 0.2) is 5.69 Å². The molecule has 134 valence electrons. The lowest BCUT2D eigenvalue weighted by atomic mass is 9.95. The van der Waals surface area contributed by atoms with Crippen molar-refractivity contribution in [3.8, 4) is 11.3 Å². The van der Waals surface area contributed by atoms with Crippen LogP contribution in [0.5, 0.6) is 0 Å². The van der Waals surface area contributed by atoms with E-state index < -0.39 is 0 Å². The maximum atomic E-state index is 12.3. The van der Waals surface area contributed by atoms with E-state index in [-0.39, 0.29) is 19.1 Å². The van der Waals surface area contributed by atoms with Crippen molar-refractivity contribution in [2.45, 2.75) is 43.0 Å². The molecule has 1 aromatic carbocycles. The van der Waals surface area contributed by atoms with Crippen LogP contribution in [0.25, 0.3) is 11.3 Å². The zero-order valence-electron chi connectivity index (χ0n) is 14.6. The Morgan fingerprint density at radius 1 is 1.28 bits per heavy atom. The molecule has 2 N–H and O–H groups in total. The molecule has 3 rings (SSSR count). The summed E-state index contributed by atoms with van der Waals surface area (Å²) in [6.45, 7) is 0.172. The number of nitrogens with one attached hydrogen (secondary N) is 1. The molecule has 1 saturated carbocycles. The fourth-order valence-electron chi connectivity index (χ4n) is 3.35. The first kappa shape index (κ1) is 18.0. The monoisotopic (exact) mass is 359 g/mol. The summed E-state index contributed by atoms with van der Waals surface area (Å²) in [4.78, 5) is 13.5. The van der Waals surface area contributed by atoms with Crippen molar-refractivity contribution in [1.82, 2.24) is 15.1 Å². The molecule has 1 heterocycles. The van der Waals surface area contributed by atoms with Crippen molar-refractivity contribution in [3.05, 3.63) is 36.0 Å². The summed E-state index contributed by atoms with van der Waals surface area (Å²) in [7, 11) is 0. The Labute approximate surface area is 152 Å². The zero-order valence-corrected chi connectivity index (χ0v) is 15.4. The van der Waals surface area contributed by atoms with Crippen LogP contribution >= 0.6 is 11.8 Å². The smallest absolute Gasteiger partial charge is 0.271 e. The number of hydrogen-bond acceptors (Lipinski definition) is 4. The van der Waals surface area contributed by atoms with Gasteiger partial charge in [-0.1, -0.05) is 31.4 Å². The van der Waals surface area contributed by atoms with Gasteiger partial charge in [0, 0.05) is 11.4 Å². The summed E-state index contributed by atoms with van der Waals surface area (Å²) in [5, 5.41) is 16.2. The van der Waals surface area contributed by atoms with E-state index in [4.69, 9.17) is 5.11 Å². The molecule has 1 aliphatic rings. The number of amides is 1. The Balaban J connectivity index is 1.95. The lowest BCUT2D eigenvalue weighted by Gasteiger charge is -2.24. The second-order valence-electron chi connectivity index (χ2n) is 6.36. The largest absolute Gasteiger partial charge is 0.395 e. The first-order valence-electron chi connectivity index (χ1n) is 8.86. The van der Waals surface area contributed by atoms with Gasteiger partial charge in [0.2, 0.25) is 0 Å². The van der Waals surface area contributed by atoms with Gasteiger partial charge in [-0.3, -0.25) is 9.48 Å². The van der Waals surface area contributed by atoms with E-state index in [1.54, 1.807) is 11.8 Å². The zero-order chi connectivity index (χ0) is 17.6. The summed E-state index contributed by atoms with van der Waals surface area (Å²) in [5.74, 6) is -0.231. The summed E-state index contributed by atoms with van der Waals surface area (Å²) in [6, 6.07) is 10.6. The fraction of sp³-hybridized carbons (Fsp3) is 0.474. The number of carbonyl (C=O) groups is 1. The molecule has 1 aliphatic carbocycles. The van der Waals surface area contributed by atoms with Gasteiger partial charge in [-0.25, -0.2) is 0 Å². The minimum absolute atomic E-state index is 0.0714. The van der Waals surface area contributed by atoms with E-state index in [9.17, 15) is 4.79 Å². The van der Waals surface area contributed by atoms with E-state index in [1.165, 1.54) is 24.2 Å². The van der Waals surface area contributed by atoms with Gasteiger partial charge < -0.3 is 10.4 Å². The summed E-state index contributed by atoms with van der Waals surface area (Å²) in [6.07, 6.45) is 7.97. The van der Waals surface area contributed by atoms with Crippen molar-refractivity contribution < 1.29 is 9.90 Å². The summed E-state index contributed by atoms with van der Waals surface area (Å²) < 4.78 is 2.04. The summed E-state index contributed by atoms with van der Waals surface area (Å²) >= 11 is 1.71. The van der Waals surface area contributed by atoms with Gasteiger partial charge in [0.25, 0.3) is 5.91 Å². The molecule has 1 amide bonds. The second-order valence-corrected chi connectivity index (χ2v) is 7.24. The Kier molecular flexibility index (Phi) is 6.15. The Morgan fingerprint density at radius 2 is 2.00 bits per heavy atom.